The van der Waals surface area contributed by atoms with Crippen molar-refractivity contribution in [3.63, 3.8) is 0 Å². The minimum atomic E-state index is -0.326. The Morgan fingerprint density at radius 2 is 2.44 bits per heavy atom. The molecule has 18 heavy (non-hydrogen) atoms. The van der Waals surface area contributed by atoms with Gasteiger partial charge in [0.1, 0.15) is 11.4 Å². The second-order valence-corrected chi connectivity index (χ2v) is 3.64. The van der Waals surface area contributed by atoms with Crippen LogP contribution in [-0.4, -0.2) is 39.6 Å². The fourth-order valence-electron chi connectivity index (χ4n) is 1.41. The van der Waals surface area contributed by atoms with Crippen molar-refractivity contribution in [1.29, 1.82) is 0 Å². The highest BCUT2D eigenvalue weighted by molar-refractivity contribution is 6.06. The average Bonchev–Trinajstić information content (AvgIpc) is 2.95. The average molecular weight is 250 g/mol. The first-order chi connectivity index (χ1) is 8.70. The van der Waals surface area contributed by atoms with E-state index in [1.807, 2.05) is 0 Å². The molecule has 8 heteroatoms. The number of ether oxygens (including phenoxy) is 1. The molecule has 4 N–H and O–H groups in total. The Hall–Kier alpha value is -2.35. The molecular weight excluding hydrogens is 236 g/mol. The normalized spacial score (nSPS) is 10.5. The predicted molar refractivity (Wildman–Crippen MR) is 65.1 cm³/mol. The highest BCUT2D eigenvalue weighted by atomic mass is 16.5. The van der Waals surface area contributed by atoms with Gasteiger partial charge in [0.2, 0.25) is 0 Å². The van der Waals surface area contributed by atoms with Crippen LogP contribution in [0.4, 0.5) is 11.5 Å². The summed E-state index contributed by atoms with van der Waals surface area (Å²) >= 11 is 0. The van der Waals surface area contributed by atoms with Gasteiger partial charge < -0.3 is 15.8 Å². The quantitative estimate of drug-likeness (QED) is 0.696. The molecule has 0 radical (unpaired) electrons. The number of anilines is 2. The van der Waals surface area contributed by atoms with E-state index in [2.05, 4.69) is 20.6 Å². The molecule has 2 aromatic rings. The van der Waals surface area contributed by atoms with Gasteiger partial charge in [-0.2, -0.15) is 10.2 Å². The molecule has 0 atom stereocenters. The maximum Gasteiger partial charge on any atom is 0.261 e. The molecule has 0 aliphatic rings. The number of carbonyl (C=O) groups is 1. The first kappa shape index (κ1) is 12.1. The van der Waals surface area contributed by atoms with Crippen molar-refractivity contribution in [2.24, 2.45) is 0 Å². The number of hydrogen-bond acceptors (Lipinski definition) is 5. The van der Waals surface area contributed by atoms with E-state index in [0.717, 1.165) is 0 Å². The second kappa shape index (κ2) is 5.32. The molecule has 0 fully saturated rings. The third-order valence-corrected chi connectivity index (χ3v) is 2.33. The van der Waals surface area contributed by atoms with Gasteiger partial charge in [0, 0.05) is 13.3 Å². The van der Waals surface area contributed by atoms with Crippen LogP contribution in [0.15, 0.2) is 18.6 Å². The standard InChI is InChI=1S/C10H14N6O2/c1-18-3-2-16-6-7(4-13-16)14-10(17)8-5-12-15-9(8)11/h4-6H,2-3H2,1H3,(H,14,17)(H3,11,12,15). The maximum absolute atomic E-state index is 11.8. The second-order valence-electron chi connectivity index (χ2n) is 3.64. The molecule has 0 spiro atoms. The van der Waals surface area contributed by atoms with Crippen molar-refractivity contribution in [1.82, 2.24) is 20.0 Å². The zero-order valence-corrected chi connectivity index (χ0v) is 9.88. The monoisotopic (exact) mass is 250 g/mol. The zero-order chi connectivity index (χ0) is 13.0. The summed E-state index contributed by atoms with van der Waals surface area (Å²) in [6.45, 7) is 1.18. The summed E-state index contributed by atoms with van der Waals surface area (Å²) in [5.41, 5.74) is 6.45. The van der Waals surface area contributed by atoms with Crippen molar-refractivity contribution < 1.29 is 9.53 Å². The van der Waals surface area contributed by atoms with Gasteiger partial charge >= 0.3 is 0 Å². The van der Waals surface area contributed by atoms with Crippen LogP contribution in [0.2, 0.25) is 0 Å². The highest BCUT2D eigenvalue weighted by Crippen LogP contribution is 2.11. The van der Waals surface area contributed by atoms with Crippen LogP contribution in [0, 0.1) is 0 Å². The molecule has 2 aromatic heterocycles. The third-order valence-electron chi connectivity index (χ3n) is 2.33. The Kier molecular flexibility index (Phi) is 3.58. The van der Waals surface area contributed by atoms with Gasteiger partial charge in [-0.15, -0.1) is 0 Å². The van der Waals surface area contributed by atoms with Gasteiger partial charge in [0.25, 0.3) is 5.91 Å². The molecule has 2 rings (SSSR count). The van der Waals surface area contributed by atoms with E-state index in [1.165, 1.54) is 6.20 Å². The maximum atomic E-state index is 11.8. The van der Waals surface area contributed by atoms with Crippen LogP contribution in [0.1, 0.15) is 10.4 Å². The van der Waals surface area contributed by atoms with E-state index in [9.17, 15) is 4.79 Å². The zero-order valence-electron chi connectivity index (χ0n) is 9.88. The first-order valence-electron chi connectivity index (χ1n) is 5.32. The fourth-order valence-corrected chi connectivity index (χ4v) is 1.41. The van der Waals surface area contributed by atoms with Crippen molar-refractivity contribution in [2.45, 2.75) is 6.54 Å². The van der Waals surface area contributed by atoms with Crippen LogP contribution in [0.5, 0.6) is 0 Å². The van der Waals surface area contributed by atoms with Crippen LogP contribution in [-0.2, 0) is 11.3 Å². The smallest absolute Gasteiger partial charge is 0.261 e. The number of aromatic amines is 1. The largest absolute Gasteiger partial charge is 0.383 e. The Morgan fingerprint density at radius 1 is 1.61 bits per heavy atom. The van der Waals surface area contributed by atoms with Crippen LogP contribution in [0.3, 0.4) is 0 Å². The minimum Gasteiger partial charge on any atom is -0.383 e. The SMILES string of the molecule is COCCn1cc(NC(=O)c2cn[nH]c2N)cn1. The third kappa shape index (κ3) is 2.66. The lowest BCUT2D eigenvalue weighted by atomic mass is 10.3. The highest BCUT2D eigenvalue weighted by Gasteiger charge is 2.12. The van der Waals surface area contributed by atoms with Gasteiger partial charge in [-0.25, -0.2) is 0 Å². The molecule has 0 aliphatic carbocycles. The number of nitrogen functional groups attached to an aromatic ring is 1. The van der Waals surface area contributed by atoms with Crippen molar-refractivity contribution in [2.75, 3.05) is 24.8 Å². The summed E-state index contributed by atoms with van der Waals surface area (Å²) in [5.74, 6) is -0.0909. The van der Waals surface area contributed by atoms with E-state index in [1.54, 1.807) is 24.2 Å². The minimum absolute atomic E-state index is 0.235. The van der Waals surface area contributed by atoms with E-state index in [-0.39, 0.29) is 11.7 Å². The number of nitrogens with one attached hydrogen (secondary N) is 2. The first-order valence-corrected chi connectivity index (χ1v) is 5.32. The van der Waals surface area contributed by atoms with E-state index in [0.29, 0.717) is 24.4 Å². The molecule has 0 aromatic carbocycles. The lowest BCUT2D eigenvalue weighted by molar-refractivity contribution is 0.102. The van der Waals surface area contributed by atoms with Crippen LogP contribution in [0.25, 0.3) is 0 Å². The number of aromatic nitrogens is 4. The molecule has 0 saturated heterocycles. The number of methoxy groups -OCH3 is 1. The van der Waals surface area contributed by atoms with Gasteiger partial charge in [-0.05, 0) is 0 Å². The van der Waals surface area contributed by atoms with Gasteiger partial charge in [0.05, 0.1) is 31.2 Å². The molecule has 0 unspecified atom stereocenters. The lowest BCUT2D eigenvalue weighted by Gasteiger charge is -2.01. The Bertz CT molecular complexity index is 532. The number of carbonyl (C=O) groups excluding carboxylic acids is 1. The topological polar surface area (TPSA) is 111 Å². The Balaban J connectivity index is 1.99. The summed E-state index contributed by atoms with van der Waals surface area (Å²) in [6.07, 6.45) is 4.65. The summed E-state index contributed by atoms with van der Waals surface area (Å²) < 4.78 is 6.61. The number of H-pyrrole nitrogens is 1. The van der Waals surface area contributed by atoms with Crippen molar-refractivity contribution in [3.8, 4) is 0 Å². The summed E-state index contributed by atoms with van der Waals surface area (Å²) in [6, 6.07) is 0. The Labute approximate surface area is 103 Å². The number of nitrogens with zero attached hydrogens (tertiary/aromatic N) is 3. The van der Waals surface area contributed by atoms with Gasteiger partial charge in [-0.1, -0.05) is 0 Å². The number of nitrogens with two attached hydrogens (primary N) is 1. The summed E-state index contributed by atoms with van der Waals surface area (Å²) in [5, 5.41) is 12.9. The van der Waals surface area contributed by atoms with E-state index >= 15 is 0 Å². The lowest BCUT2D eigenvalue weighted by Crippen LogP contribution is -2.12. The molecule has 0 aliphatic heterocycles. The van der Waals surface area contributed by atoms with Crippen LogP contribution >= 0.6 is 0 Å². The summed E-state index contributed by atoms with van der Waals surface area (Å²) in [7, 11) is 1.62. The molecule has 2 heterocycles. The van der Waals surface area contributed by atoms with Gasteiger partial charge in [-0.3, -0.25) is 14.6 Å². The molecule has 0 bridgehead atoms. The van der Waals surface area contributed by atoms with E-state index < -0.39 is 0 Å². The van der Waals surface area contributed by atoms with E-state index in [4.69, 9.17) is 10.5 Å². The van der Waals surface area contributed by atoms with Crippen molar-refractivity contribution >= 4 is 17.4 Å². The molecule has 1 amide bonds. The molecule has 96 valence electrons. The molecule has 8 nitrogen and oxygen atoms in total. The number of rotatable bonds is 5. The summed E-state index contributed by atoms with van der Waals surface area (Å²) in [4.78, 5) is 11.8. The number of amides is 1. The molecular formula is C10H14N6O2. The fraction of sp³-hybridized carbons (Fsp3) is 0.300. The van der Waals surface area contributed by atoms with Gasteiger partial charge in [0.15, 0.2) is 0 Å². The predicted octanol–water partition coefficient (Wildman–Crippen LogP) is 0.0871. The number of hydrogen-bond donors (Lipinski definition) is 3. The van der Waals surface area contributed by atoms with Crippen LogP contribution < -0.4 is 11.1 Å². The Morgan fingerprint density at radius 3 is 3.11 bits per heavy atom. The van der Waals surface area contributed by atoms with Crippen molar-refractivity contribution in [3.05, 3.63) is 24.2 Å². The molecule has 0 saturated carbocycles.